The maximum absolute atomic E-state index is 11.9. The molecule has 0 saturated carbocycles. The van der Waals surface area contributed by atoms with E-state index in [0.717, 1.165) is 36.1 Å². The maximum atomic E-state index is 11.9. The van der Waals surface area contributed by atoms with Crippen LogP contribution >= 0.6 is 0 Å². The van der Waals surface area contributed by atoms with E-state index in [0.29, 0.717) is 12.3 Å². The van der Waals surface area contributed by atoms with Crippen LogP contribution in [0, 0.1) is 5.92 Å². The van der Waals surface area contributed by atoms with E-state index in [2.05, 4.69) is 44.2 Å². The van der Waals surface area contributed by atoms with E-state index < -0.39 is 5.54 Å². The Kier molecular flexibility index (Phi) is 5.67. The van der Waals surface area contributed by atoms with Gasteiger partial charge >= 0.3 is 5.97 Å². The zero-order chi connectivity index (χ0) is 21.1. The summed E-state index contributed by atoms with van der Waals surface area (Å²) in [5.74, 6) is 0.415. The third-order valence-electron chi connectivity index (χ3n) is 5.92. The number of carbonyl (C=O) groups is 1. The van der Waals surface area contributed by atoms with Crippen molar-refractivity contribution < 1.29 is 9.53 Å². The first-order chi connectivity index (χ1) is 14.6. The number of ether oxygens (including phenoxy) is 1. The minimum atomic E-state index is -0.458. The molecule has 0 spiro atoms. The molecule has 0 N–H and O–H groups in total. The molecule has 2 aliphatic rings. The molecule has 2 atom stereocenters. The molecule has 2 aliphatic carbocycles. The number of nitrogens with zero attached hydrogens (tertiary/aromatic N) is 2. The van der Waals surface area contributed by atoms with Crippen molar-refractivity contribution in [1.82, 2.24) is 4.98 Å². The Hall–Kier alpha value is -3.01. The van der Waals surface area contributed by atoms with Gasteiger partial charge in [-0.3, -0.25) is 9.79 Å². The summed E-state index contributed by atoms with van der Waals surface area (Å²) in [6.07, 6.45) is 9.32. The predicted molar refractivity (Wildman–Crippen MR) is 120 cm³/mol. The molecule has 1 heterocycles. The summed E-state index contributed by atoms with van der Waals surface area (Å²) in [4.78, 5) is 21.9. The van der Waals surface area contributed by atoms with Crippen molar-refractivity contribution in [1.29, 1.82) is 0 Å². The van der Waals surface area contributed by atoms with E-state index in [-0.39, 0.29) is 11.9 Å². The molecule has 0 aliphatic heterocycles. The second-order valence-corrected chi connectivity index (χ2v) is 8.14. The number of aromatic nitrogens is 1. The van der Waals surface area contributed by atoms with Crippen LogP contribution in [0.15, 0.2) is 70.8 Å². The van der Waals surface area contributed by atoms with E-state index in [1.54, 1.807) is 0 Å². The smallest absolute Gasteiger partial charge is 0.312 e. The number of esters is 1. The fraction of sp³-hybridized carbons (Fsp3) is 0.346. The summed E-state index contributed by atoms with van der Waals surface area (Å²) in [6.45, 7) is 6.25. The van der Waals surface area contributed by atoms with Gasteiger partial charge in [0.2, 0.25) is 5.88 Å². The van der Waals surface area contributed by atoms with Gasteiger partial charge in [-0.25, -0.2) is 4.98 Å². The molecule has 2 bridgehead atoms. The highest BCUT2D eigenvalue weighted by Crippen LogP contribution is 2.52. The lowest BCUT2D eigenvalue weighted by atomic mass is 9.63. The number of benzene rings is 1. The molecule has 0 fully saturated rings. The first-order valence-electron chi connectivity index (χ1n) is 10.7. The molecular formula is C26H28N2O2. The van der Waals surface area contributed by atoms with Gasteiger partial charge in [-0.15, -0.1) is 0 Å². The Morgan fingerprint density at radius 3 is 2.80 bits per heavy atom. The van der Waals surface area contributed by atoms with E-state index >= 15 is 0 Å². The summed E-state index contributed by atoms with van der Waals surface area (Å²) < 4.78 is 5.46. The Balaban J connectivity index is 1.79. The molecule has 0 radical (unpaired) electrons. The quantitative estimate of drug-likeness (QED) is 0.374. The SMILES string of the molecule is C/C=C1\C2C=C(C)CC1(/N=C/c1ccccc1)c1ccc(OC(=O)CCC)nc1C2. The van der Waals surface area contributed by atoms with Crippen molar-refractivity contribution in [2.75, 3.05) is 0 Å². The molecule has 0 amide bonds. The van der Waals surface area contributed by atoms with Crippen LogP contribution in [0.25, 0.3) is 0 Å². The average molecular weight is 401 g/mol. The maximum Gasteiger partial charge on any atom is 0.312 e. The van der Waals surface area contributed by atoms with Crippen LogP contribution in [0.3, 0.4) is 0 Å². The lowest BCUT2D eigenvalue weighted by Gasteiger charge is -2.45. The number of hydrogen-bond acceptors (Lipinski definition) is 4. The summed E-state index contributed by atoms with van der Waals surface area (Å²) in [5, 5.41) is 0. The van der Waals surface area contributed by atoms with Gasteiger partial charge in [0.1, 0.15) is 5.54 Å². The lowest BCUT2D eigenvalue weighted by molar-refractivity contribution is -0.134. The lowest BCUT2D eigenvalue weighted by Crippen LogP contribution is -2.39. The zero-order valence-corrected chi connectivity index (χ0v) is 17.9. The topological polar surface area (TPSA) is 51.5 Å². The predicted octanol–water partition coefficient (Wildman–Crippen LogP) is 5.57. The van der Waals surface area contributed by atoms with Crippen molar-refractivity contribution in [2.45, 2.75) is 52.0 Å². The first-order valence-corrected chi connectivity index (χ1v) is 10.7. The molecule has 154 valence electrons. The van der Waals surface area contributed by atoms with Crippen LogP contribution in [0.5, 0.6) is 5.88 Å². The van der Waals surface area contributed by atoms with Gasteiger partial charge in [0.25, 0.3) is 0 Å². The minimum Gasteiger partial charge on any atom is -0.407 e. The third kappa shape index (κ3) is 3.74. The summed E-state index contributed by atoms with van der Waals surface area (Å²) in [7, 11) is 0. The minimum absolute atomic E-state index is 0.234. The highest BCUT2D eigenvalue weighted by Gasteiger charge is 2.46. The van der Waals surface area contributed by atoms with E-state index in [9.17, 15) is 4.79 Å². The Morgan fingerprint density at radius 2 is 2.07 bits per heavy atom. The van der Waals surface area contributed by atoms with Gasteiger partial charge in [-0.05, 0) is 37.5 Å². The summed E-state index contributed by atoms with van der Waals surface area (Å²) in [5.41, 5.74) is 5.38. The van der Waals surface area contributed by atoms with Gasteiger partial charge < -0.3 is 4.74 Å². The number of aliphatic imine (C=N–C) groups is 1. The molecule has 4 rings (SSSR count). The van der Waals surface area contributed by atoms with E-state index in [1.807, 2.05) is 37.4 Å². The fourth-order valence-corrected chi connectivity index (χ4v) is 4.74. The monoisotopic (exact) mass is 400 g/mol. The van der Waals surface area contributed by atoms with Crippen molar-refractivity contribution >= 4 is 12.2 Å². The molecule has 4 nitrogen and oxygen atoms in total. The van der Waals surface area contributed by atoms with Crippen LogP contribution < -0.4 is 4.74 Å². The van der Waals surface area contributed by atoms with Gasteiger partial charge in [-0.1, -0.05) is 55.0 Å². The Labute approximate surface area is 178 Å². The highest BCUT2D eigenvalue weighted by molar-refractivity contribution is 5.80. The normalized spacial score (nSPS) is 23.9. The molecular weight excluding hydrogens is 372 g/mol. The second kappa shape index (κ2) is 8.39. The molecule has 1 aromatic heterocycles. The molecule has 2 unspecified atom stereocenters. The Bertz CT molecular complexity index is 1040. The summed E-state index contributed by atoms with van der Waals surface area (Å²) >= 11 is 0. The molecule has 30 heavy (non-hydrogen) atoms. The fourth-order valence-electron chi connectivity index (χ4n) is 4.74. The van der Waals surface area contributed by atoms with Gasteiger partial charge in [0, 0.05) is 43.0 Å². The average Bonchev–Trinajstić information content (AvgIpc) is 2.72. The summed E-state index contributed by atoms with van der Waals surface area (Å²) in [6, 6.07) is 14.1. The van der Waals surface area contributed by atoms with Crippen molar-refractivity contribution in [3.8, 4) is 5.88 Å². The van der Waals surface area contributed by atoms with Gasteiger partial charge in [-0.2, -0.15) is 0 Å². The first kappa shape index (κ1) is 20.3. The molecule has 1 aromatic carbocycles. The second-order valence-electron chi connectivity index (χ2n) is 8.14. The van der Waals surface area contributed by atoms with Crippen molar-refractivity contribution in [3.05, 3.63) is 82.6 Å². The van der Waals surface area contributed by atoms with Crippen LogP contribution in [0.1, 0.15) is 56.9 Å². The molecule has 2 aromatic rings. The number of pyridine rings is 1. The van der Waals surface area contributed by atoms with Crippen molar-refractivity contribution in [3.63, 3.8) is 0 Å². The number of fused-ring (bicyclic) bond motifs is 4. The van der Waals surface area contributed by atoms with Crippen LogP contribution in [0.2, 0.25) is 0 Å². The van der Waals surface area contributed by atoms with E-state index in [4.69, 9.17) is 14.7 Å². The van der Waals surface area contributed by atoms with E-state index in [1.165, 1.54) is 11.1 Å². The highest BCUT2D eigenvalue weighted by atomic mass is 16.5. The third-order valence-corrected chi connectivity index (χ3v) is 5.92. The molecule has 4 heteroatoms. The van der Waals surface area contributed by atoms with Crippen molar-refractivity contribution in [2.24, 2.45) is 10.9 Å². The number of rotatable bonds is 5. The standard InChI is InChI=1S/C26H28N2O2/c1-4-9-25(29)30-24-13-12-22-23(28-24)15-20-14-18(3)16-26(22,21(20)5-2)27-17-19-10-7-6-8-11-19/h5-8,10-14,17,20H,4,9,15-16H2,1-3H3/b21-5+,27-17+. The van der Waals surface area contributed by atoms with Crippen LogP contribution in [0.4, 0.5) is 0 Å². The van der Waals surface area contributed by atoms with Crippen LogP contribution in [-0.2, 0) is 16.8 Å². The van der Waals surface area contributed by atoms with Gasteiger partial charge in [0.05, 0.1) is 5.69 Å². The molecule has 0 saturated heterocycles. The van der Waals surface area contributed by atoms with Gasteiger partial charge in [0.15, 0.2) is 0 Å². The number of allylic oxidation sites excluding steroid dienone is 2. The number of carbonyl (C=O) groups excluding carboxylic acids is 1. The number of hydrogen-bond donors (Lipinski definition) is 0. The zero-order valence-electron chi connectivity index (χ0n) is 17.9. The van der Waals surface area contributed by atoms with Crippen LogP contribution in [-0.4, -0.2) is 17.2 Å². The largest absolute Gasteiger partial charge is 0.407 e. The Morgan fingerprint density at radius 1 is 1.27 bits per heavy atom.